The number of unbranched alkanes of at least 4 members (excludes halogenated alkanes) is 2. The van der Waals surface area contributed by atoms with Gasteiger partial charge in [-0.15, -0.1) is 0 Å². The number of benzene rings is 1. The maximum atomic E-state index is 15.3. The van der Waals surface area contributed by atoms with Crippen LogP contribution in [0.15, 0.2) is 47.4 Å². The van der Waals surface area contributed by atoms with Gasteiger partial charge in [-0.25, -0.2) is 9.59 Å². The monoisotopic (exact) mass is 552 g/mol. The molecule has 1 aliphatic heterocycles. The van der Waals surface area contributed by atoms with Crippen LogP contribution >= 0.6 is 0 Å². The Morgan fingerprint density at radius 2 is 1.87 bits per heavy atom. The quantitative estimate of drug-likeness (QED) is 0.266. The summed E-state index contributed by atoms with van der Waals surface area (Å²) < 4.78 is 46.0. The summed E-state index contributed by atoms with van der Waals surface area (Å²) in [6.45, 7) is 1.21. The molecule has 1 fully saturated rings. The fourth-order valence-corrected chi connectivity index (χ4v) is 3.74. The van der Waals surface area contributed by atoms with E-state index in [4.69, 9.17) is 14.2 Å². The van der Waals surface area contributed by atoms with E-state index >= 15 is 8.78 Å². The third-order valence-corrected chi connectivity index (χ3v) is 5.70. The van der Waals surface area contributed by atoms with Crippen molar-refractivity contribution < 1.29 is 42.5 Å². The van der Waals surface area contributed by atoms with Crippen LogP contribution in [-0.2, 0) is 23.8 Å². The van der Waals surface area contributed by atoms with Gasteiger partial charge in [0.25, 0.3) is 0 Å². The van der Waals surface area contributed by atoms with Crippen LogP contribution in [0.5, 0.6) is 0 Å². The highest BCUT2D eigenvalue weighted by molar-refractivity contribution is 5.92. The highest BCUT2D eigenvalue weighted by Gasteiger charge is 2.62. The number of hydrogen-bond acceptors (Lipinski definition) is 9. The topological polar surface area (TPSA) is 158 Å². The second-order valence-corrected chi connectivity index (χ2v) is 8.68. The normalized spacial score (nSPS) is 19.7. The zero-order valence-electron chi connectivity index (χ0n) is 21.2. The lowest BCUT2D eigenvalue weighted by atomic mass is 10.1. The summed E-state index contributed by atoms with van der Waals surface area (Å²) in [6, 6.07) is 9.52. The van der Waals surface area contributed by atoms with Crippen molar-refractivity contribution in [3.63, 3.8) is 0 Å². The van der Waals surface area contributed by atoms with Crippen molar-refractivity contribution in [2.45, 2.75) is 63.4 Å². The number of nitrogens with zero attached hydrogens (tertiary/aromatic N) is 2. The van der Waals surface area contributed by atoms with E-state index in [0.717, 1.165) is 25.1 Å². The average molecular weight is 553 g/mol. The third kappa shape index (κ3) is 8.04. The summed E-state index contributed by atoms with van der Waals surface area (Å²) in [7, 11) is 0. The molecule has 212 valence electrons. The van der Waals surface area contributed by atoms with Crippen molar-refractivity contribution in [2.75, 3.05) is 23.8 Å². The number of esters is 1. The molecule has 0 bridgehead atoms. The number of carbonyl (C=O) groups excluding carboxylic acids is 3. The van der Waals surface area contributed by atoms with Crippen molar-refractivity contribution in [1.29, 1.82) is 0 Å². The second-order valence-electron chi connectivity index (χ2n) is 8.68. The minimum absolute atomic E-state index is 0.166. The van der Waals surface area contributed by atoms with E-state index in [1.54, 1.807) is 30.3 Å². The molecule has 1 aromatic carbocycles. The molecule has 39 heavy (non-hydrogen) atoms. The smallest absolute Gasteiger partial charge is 0.412 e. The van der Waals surface area contributed by atoms with Gasteiger partial charge in [0.2, 0.25) is 12.1 Å². The lowest BCUT2D eigenvalue weighted by Crippen LogP contribution is -2.44. The van der Waals surface area contributed by atoms with Gasteiger partial charge in [-0.05, 0) is 24.6 Å². The van der Waals surface area contributed by atoms with Crippen molar-refractivity contribution in [1.82, 2.24) is 9.55 Å². The molecule has 1 aliphatic rings. The Balaban J connectivity index is 1.60. The second kappa shape index (κ2) is 13.8. The van der Waals surface area contributed by atoms with E-state index in [-0.39, 0.29) is 18.8 Å². The molecule has 3 rings (SSSR count). The minimum Gasteiger partial charge on any atom is -0.453 e. The maximum Gasteiger partial charge on any atom is 0.412 e. The Morgan fingerprint density at radius 3 is 2.54 bits per heavy atom. The number of rotatable bonds is 12. The molecule has 2 amide bonds. The van der Waals surface area contributed by atoms with Gasteiger partial charge in [-0.1, -0.05) is 38.0 Å². The first kappa shape index (κ1) is 29.6. The van der Waals surface area contributed by atoms with E-state index in [1.807, 2.05) is 6.92 Å². The lowest BCUT2D eigenvalue weighted by Gasteiger charge is -2.24. The molecule has 2 heterocycles. The highest BCUT2D eigenvalue weighted by Crippen LogP contribution is 2.44. The Hall–Kier alpha value is -3.91. The van der Waals surface area contributed by atoms with Crippen LogP contribution in [0.4, 0.5) is 25.1 Å². The summed E-state index contributed by atoms with van der Waals surface area (Å²) in [6.07, 6.45) is -4.47. The van der Waals surface area contributed by atoms with Gasteiger partial charge in [0.05, 0.1) is 19.6 Å². The van der Waals surface area contributed by atoms with Gasteiger partial charge in [0.15, 0.2) is 6.10 Å². The number of anilines is 2. The first-order chi connectivity index (χ1) is 18.6. The zero-order valence-corrected chi connectivity index (χ0v) is 21.2. The minimum atomic E-state index is -3.95. The number of ether oxygens (including phenoxy) is 3. The largest absolute Gasteiger partial charge is 0.453 e. The molecule has 3 atom stereocenters. The molecule has 14 heteroatoms. The molecule has 0 aliphatic carbocycles. The van der Waals surface area contributed by atoms with Crippen molar-refractivity contribution in [2.24, 2.45) is 0 Å². The standard InChI is InChI=1S/C25H30F2N4O8/c1-2-3-7-14-37-24(36)30-18-12-13-31(23(35)29-18)22-25(26,27)21(17(15-32)38-22)39-20(34)11-10-19(33)28-16-8-5-4-6-9-16/h4-6,8-9,12-13,17,21-22,32H,2-3,7,10-11,14-15H2,1H3,(H,28,33)(H,29,30,35,36)/t17-,21-,22-/m1/s1. The first-order valence-electron chi connectivity index (χ1n) is 12.4. The Kier molecular flexibility index (Phi) is 10.5. The summed E-state index contributed by atoms with van der Waals surface area (Å²) in [5.41, 5.74) is -0.691. The number of amides is 2. The predicted octanol–water partition coefficient (Wildman–Crippen LogP) is 2.84. The Bertz CT molecular complexity index is 1190. The van der Waals surface area contributed by atoms with Crippen LogP contribution in [0.3, 0.4) is 0 Å². The summed E-state index contributed by atoms with van der Waals surface area (Å²) >= 11 is 0. The number of alkyl halides is 2. The SMILES string of the molecule is CCCCCOC(=O)Nc1ccn([C@@H]2O[C@H](CO)[C@@H](OC(=O)CCC(=O)Nc3ccccc3)C2(F)F)c(=O)n1. The number of aliphatic hydroxyl groups excluding tert-OH is 1. The summed E-state index contributed by atoms with van der Waals surface area (Å²) in [5, 5.41) is 14.4. The number of para-hydroxylation sites is 1. The summed E-state index contributed by atoms with van der Waals surface area (Å²) in [4.78, 5) is 52.2. The zero-order chi connectivity index (χ0) is 28.4. The van der Waals surface area contributed by atoms with Gasteiger partial charge in [0.1, 0.15) is 11.9 Å². The van der Waals surface area contributed by atoms with E-state index in [9.17, 15) is 24.3 Å². The van der Waals surface area contributed by atoms with Crippen LogP contribution in [0.25, 0.3) is 0 Å². The molecular formula is C25H30F2N4O8. The van der Waals surface area contributed by atoms with Gasteiger partial charge in [0, 0.05) is 18.3 Å². The number of nitrogens with one attached hydrogen (secondary N) is 2. The Labute approximate surface area is 222 Å². The van der Waals surface area contributed by atoms with Gasteiger partial charge >= 0.3 is 23.7 Å². The number of hydrogen-bond donors (Lipinski definition) is 3. The third-order valence-electron chi connectivity index (χ3n) is 5.70. The molecule has 0 unspecified atom stereocenters. The van der Waals surface area contributed by atoms with Crippen LogP contribution in [-0.4, -0.2) is 64.0 Å². The van der Waals surface area contributed by atoms with E-state index in [1.165, 1.54) is 0 Å². The number of aliphatic hydroxyl groups is 1. The van der Waals surface area contributed by atoms with Crippen molar-refractivity contribution in [3.05, 3.63) is 53.1 Å². The molecule has 0 saturated carbocycles. The number of halogens is 2. The van der Waals surface area contributed by atoms with Gasteiger partial charge in [-0.3, -0.25) is 19.5 Å². The number of carbonyl (C=O) groups is 3. The molecule has 3 N–H and O–H groups in total. The predicted molar refractivity (Wildman–Crippen MR) is 133 cm³/mol. The first-order valence-corrected chi connectivity index (χ1v) is 12.4. The van der Waals surface area contributed by atoms with E-state index < -0.39 is 61.0 Å². The average Bonchev–Trinajstić information content (AvgIpc) is 3.15. The van der Waals surface area contributed by atoms with Gasteiger partial charge < -0.3 is 24.6 Å². The highest BCUT2D eigenvalue weighted by atomic mass is 19.3. The molecule has 12 nitrogen and oxygen atoms in total. The van der Waals surface area contributed by atoms with E-state index in [0.29, 0.717) is 16.7 Å². The van der Waals surface area contributed by atoms with E-state index in [2.05, 4.69) is 15.6 Å². The molecule has 1 aromatic heterocycles. The Morgan fingerprint density at radius 1 is 1.13 bits per heavy atom. The van der Waals surface area contributed by atoms with Gasteiger partial charge in [-0.2, -0.15) is 13.8 Å². The van der Waals surface area contributed by atoms with Crippen LogP contribution in [0.1, 0.15) is 45.3 Å². The van der Waals surface area contributed by atoms with Crippen LogP contribution in [0.2, 0.25) is 0 Å². The van der Waals surface area contributed by atoms with Crippen molar-refractivity contribution in [3.8, 4) is 0 Å². The lowest BCUT2D eigenvalue weighted by molar-refractivity contribution is -0.176. The molecule has 0 radical (unpaired) electrons. The fourth-order valence-electron chi connectivity index (χ4n) is 3.74. The van der Waals surface area contributed by atoms with Crippen LogP contribution in [0, 0.1) is 0 Å². The molecule has 2 aromatic rings. The van der Waals surface area contributed by atoms with Crippen molar-refractivity contribution >= 4 is 29.5 Å². The fraction of sp³-hybridized carbons (Fsp3) is 0.480. The summed E-state index contributed by atoms with van der Waals surface area (Å²) in [5.74, 6) is -5.82. The molecule has 0 spiro atoms. The van der Waals surface area contributed by atoms with Crippen LogP contribution < -0.4 is 16.3 Å². The number of aromatic nitrogens is 2. The maximum absolute atomic E-state index is 15.3. The molecular weight excluding hydrogens is 522 g/mol. The molecule has 1 saturated heterocycles.